The molecular weight excluding hydrogens is 250 g/mol. The third kappa shape index (κ3) is 4.99. The zero-order valence-electron chi connectivity index (χ0n) is 11.1. The summed E-state index contributed by atoms with van der Waals surface area (Å²) in [6.07, 6.45) is 3.48. The van der Waals surface area contributed by atoms with Gasteiger partial charge in [0.15, 0.2) is 0 Å². The normalized spacial score (nSPS) is 13.2. The Morgan fingerprint density at radius 3 is 2.35 bits per heavy atom. The molecule has 1 nitrogen and oxygen atoms in total. The average molecular weight is 274 g/mol. The van der Waals surface area contributed by atoms with Crippen molar-refractivity contribution in [2.24, 2.45) is 5.92 Å². The van der Waals surface area contributed by atoms with Gasteiger partial charge in [0.05, 0.1) is 0 Å². The summed E-state index contributed by atoms with van der Waals surface area (Å²) in [4.78, 5) is 2.87. The van der Waals surface area contributed by atoms with E-state index in [-0.39, 0.29) is 5.38 Å². The van der Waals surface area contributed by atoms with Crippen LogP contribution in [0.3, 0.4) is 0 Å². The van der Waals surface area contributed by atoms with Gasteiger partial charge in [0.1, 0.15) is 0 Å². The molecule has 3 heteroatoms. The molecule has 1 atom stereocenters. The second-order valence-corrected chi connectivity index (χ2v) is 6.26. The van der Waals surface area contributed by atoms with Crippen LogP contribution in [0.2, 0.25) is 0 Å². The molecule has 0 amide bonds. The molecule has 0 bridgehead atoms. The topological polar surface area (TPSA) is 12.0 Å². The summed E-state index contributed by atoms with van der Waals surface area (Å²) in [5, 5.41) is 3.73. The fraction of sp³-hybridized carbons (Fsp3) is 0.714. The van der Waals surface area contributed by atoms with Crippen molar-refractivity contribution < 1.29 is 0 Å². The molecule has 0 radical (unpaired) electrons. The van der Waals surface area contributed by atoms with Crippen LogP contribution in [0.1, 0.15) is 43.4 Å². The molecule has 0 aliphatic rings. The fourth-order valence-electron chi connectivity index (χ4n) is 2.01. The molecule has 0 saturated heterocycles. The molecule has 1 rings (SSSR count). The smallest absolute Gasteiger partial charge is 0.0488 e. The van der Waals surface area contributed by atoms with Gasteiger partial charge in [-0.05, 0) is 24.5 Å². The Morgan fingerprint density at radius 2 is 1.82 bits per heavy atom. The lowest BCUT2D eigenvalue weighted by atomic mass is 9.99. The van der Waals surface area contributed by atoms with E-state index in [1.807, 2.05) is 11.3 Å². The number of aryl methyl sites for hydroxylation is 1. The zero-order chi connectivity index (χ0) is 12.7. The van der Waals surface area contributed by atoms with Gasteiger partial charge in [0.2, 0.25) is 0 Å². The highest BCUT2D eigenvalue weighted by atomic mass is 35.5. The number of nitrogens with one attached hydrogen (secondary N) is 1. The predicted molar refractivity (Wildman–Crippen MR) is 79.1 cm³/mol. The van der Waals surface area contributed by atoms with Crippen molar-refractivity contribution >= 4 is 22.9 Å². The molecular formula is C14H24ClNS. The van der Waals surface area contributed by atoms with E-state index in [2.05, 4.69) is 38.2 Å². The molecule has 0 fully saturated rings. The van der Waals surface area contributed by atoms with Crippen molar-refractivity contribution in [3.63, 3.8) is 0 Å². The molecule has 0 saturated carbocycles. The summed E-state index contributed by atoms with van der Waals surface area (Å²) < 4.78 is 0. The molecule has 1 aromatic rings. The van der Waals surface area contributed by atoms with E-state index in [0.717, 1.165) is 19.5 Å². The molecule has 17 heavy (non-hydrogen) atoms. The van der Waals surface area contributed by atoms with Crippen molar-refractivity contribution in [2.45, 2.75) is 52.0 Å². The molecule has 0 aliphatic heterocycles. The van der Waals surface area contributed by atoms with Gasteiger partial charge in [-0.1, -0.05) is 33.6 Å². The van der Waals surface area contributed by atoms with Crippen molar-refractivity contribution in [2.75, 3.05) is 6.54 Å². The van der Waals surface area contributed by atoms with Gasteiger partial charge in [-0.2, -0.15) is 0 Å². The van der Waals surface area contributed by atoms with Crippen LogP contribution in [-0.2, 0) is 13.0 Å². The zero-order valence-corrected chi connectivity index (χ0v) is 12.7. The number of hydrogen-bond donors (Lipinski definition) is 1. The summed E-state index contributed by atoms with van der Waals surface area (Å²) in [5.41, 5.74) is 0. The Bertz CT molecular complexity index is 307. The van der Waals surface area contributed by atoms with E-state index < -0.39 is 0 Å². The lowest BCUT2D eigenvalue weighted by Crippen LogP contribution is -2.28. The van der Waals surface area contributed by atoms with Crippen molar-refractivity contribution in [1.82, 2.24) is 5.32 Å². The first kappa shape index (κ1) is 15.0. The Labute approximate surface area is 115 Å². The van der Waals surface area contributed by atoms with Gasteiger partial charge in [0, 0.05) is 28.2 Å². The van der Waals surface area contributed by atoms with E-state index in [4.69, 9.17) is 11.6 Å². The Hall–Kier alpha value is -0.0500. The summed E-state index contributed by atoms with van der Waals surface area (Å²) in [6.45, 7) is 8.50. The van der Waals surface area contributed by atoms with Crippen molar-refractivity contribution in [1.29, 1.82) is 0 Å². The molecule has 1 N–H and O–H groups in total. The van der Waals surface area contributed by atoms with Crippen molar-refractivity contribution in [3.8, 4) is 0 Å². The minimum absolute atomic E-state index is 0.260. The minimum Gasteiger partial charge on any atom is -0.310 e. The van der Waals surface area contributed by atoms with E-state index in [9.17, 15) is 0 Å². The number of alkyl halides is 1. The van der Waals surface area contributed by atoms with Gasteiger partial charge < -0.3 is 5.32 Å². The van der Waals surface area contributed by atoms with Gasteiger partial charge in [0.25, 0.3) is 0 Å². The third-order valence-corrected chi connectivity index (χ3v) is 5.00. The van der Waals surface area contributed by atoms with E-state index in [1.165, 1.54) is 22.6 Å². The molecule has 1 aromatic heterocycles. The van der Waals surface area contributed by atoms with Gasteiger partial charge in [-0.15, -0.1) is 22.9 Å². The SMILES string of the molecule is CCc1ccc(CNCC(Cl)C(CC)CC)s1. The average Bonchev–Trinajstić information content (AvgIpc) is 2.78. The maximum atomic E-state index is 6.39. The molecule has 0 spiro atoms. The second kappa shape index (κ2) is 8.12. The first-order valence-electron chi connectivity index (χ1n) is 6.63. The van der Waals surface area contributed by atoms with E-state index >= 15 is 0 Å². The Balaban J connectivity index is 2.27. The highest BCUT2D eigenvalue weighted by molar-refractivity contribution is 7.11. The van der Waals surface area contributed by atoms with Crippen LogP contribution >= 0.6 is 22.9 Å². The summed E-state index contributed by atoms with van der Waals surface area (Å²) >= 11 is 8.29. The van der Waals surface area contributed by atoms with Crippen LogP contribution in [0, 0.1) is 5.92 Å². The third-order valence-electron chi connectivity index (χ3n) is 3.26. The molecule has 1 heterocycles. The van der Waals surface area contributed by atoms with E-state index in [0.29, 0.717) is 5.92 Å². The summed E-state index contributed by atoms with van der Waals surface area (Å²) in [7, 11) is 0. The number of hydrogen-bond acceptors (Lipinski definition) is 2. The van der Waals surface area contributed by atoms with Crippen LogP contribution in [0.5, 0.6) is 0 Å². The lowest BCUT2D eigenvalue weighted by Gasteiger charge is -2.19. The molecule has 98 valence electrons. The second-order valence-electron chi connectivity index (χ2n) is 4.45. The molecule has 0 aliphatic carbocycles. The van der Waals surface area contributed by atoms with Gasteiger partial charge in [-0.25, -0.2) is 0 Å². The van der Waals surface area contributed by atoms with Crippen molar-refractivity contribution in [3.05, 3.63) is 21.9 Å². The summed E-state index contributed by atoms with van der Waals surface area (Å²) in [6, 6.07) is 4.44. The number of halogens is 1. The summed E-state index contributed by atoms with van der Waals surface area (Å²) in [5.74, 6) is 0.638. The standard InChI is InChI=1S/C14H24ClNS/c1-4-11(5-2)14(15)10-16-9-13-8-7-12(6-3)17-13/h7-8,11,14,16H,4-6,9-10H2,1-3H3. The highest BCUT2D eigenvalue weighted by Gasteiger charge is 2.14. The minimum atomic E-state index is 0.260. The maximum absolute atomic E-state index is 6.39. The molecule has 0 aromatic carbocycles. The van der Waals surface area contributed by atoms with Crippen LogP contribution < -0.4 is 5.32 Å². The van der Waals surface area contributed by atoms with Crippen LogP contribution in [0.4, 0.5) is 0 Å². The highest BCUT2D eigenvalue weighted by Crippen LogP contribution is 2.19. The lowest BCUT2D eigenvalue weighted by molar-refractivity contribution is 0.446. The largest absolute Gasteiger partial charge is 0.310 e. The first-order chi connectivity index (χ1) is 8.21. The Kier molecular flexibility index (Phi) is 7.17. The first-order valence-corrected chi connectivity index (χ1v) is 7.88. The monoisotopic (exact) mass is 273 g/mol. The van der Waals surface area contributed by atoms with E-state index in [1.54, 1.807) is 0 Å². The predicted octanol–water partition coefficient (Wildman–Crippen LogP) is 4.44. The van der Waals surface area contributed by atoms with Crippen LogP contribution in [0.15, 0.2) is 12.1 Å². The molecule has 1 unspecified atom stereocenters. The number of rotatable bonds is 8. The van der Waals surface area contributed by atoms with Gasteiger partial charge >= 0.3 is 0 Å². The quantitative estimate of drug-likeness (QED) is 0.691. The number of thiophene rings is 1. The van der Waals surface area contributed by atoms with Crippen LogP contribution in [-0.4, -0.2) is 11.9 Å². The van der Waals surface area contributed by atoms with Gasteiger partial charge in [-0.3, -0.25) is 0 Å². The van der Waals surface area contributed by atoms with Crippen LogP contribution in [0.25, 0.3) is 0 Å². The Morgan fingerprint density at radius 1 is 1.18 bits per heavy atom. The maximum Gasteiger partial charge on any atom is 0.0488 e. The fourth-order valence-corrected chi connectivity index (χ4v) is 3.40.